The van der Waals surface area contributed by atoms with Crippen LogP contribution in [0, 0.1) is 0 Å². The van der Waals surface area contributed by atoms with Crippen LogP contribution in [0.3, 0.4) is 0 Å². The van der Waals surface area contributed by atoms with Gasteiger partial charge in [-0.05, 0) is 12.1 Å². The van der Waals surface area contributed by atoms with Crippen LogP contribution in [0.2, 0.25) is 0 Å². The van der Waals surface area contributed by atoms with Gasteiger partial charge in [-0.1, -0.05) is 6.07 Å². The van der Waals surface area contributed by atoms with Gasteiger partial charge in [0.25, 0.3) is 0 Å². The molecule has 9 N–H and O–H groups in total. The average molecular weight is 452 g/mol. The first-order chi connectivity index (χ1) is 15.1. The molecule has 174 valence electrons. The van der Waals surface area contributed by atoms with Crippen LogP contribution in [0.5, 0.6) is 28.7 Å². The molecule has 1 saturated heterocycles. The second-order valence-corrected chi connectivity index (χ2v) is 8.01. The number of aromatic hydroxyl groups is 4. The minimum absolute atomic E-state index is 0.0121. The summed E-state index contributed by atoms with van der Waals surface area (Å²) in [5.74, 6) is -1.83. The van der Waals surface area contributed by atoms with Gasteiger partial charge >= 0.3 is 0 Å². The fourth-order valence-corrected chi connectivity index (χ4v) is 4.39. The Kier molecular flexibility index (Phi) is 5.57. The minimum Gasteiger partial charge on any atom is -0.508 e. The molecular formula is C21H24O11. The second-order valence-electron chi connectivity index (χ2n) is 8.01. The van der Waals surface area contributed by atoms with E-state index in [4.69, 9.17) is 9.47 Å². The third kappa shape index (κ3) is 3.30. The van der Waals surface area contributed by atoms with Crippen molar-refractivity contribution in [1.29, 1.82) is 0 Å². The molecule has 0 bridgehead atoms. The quantitative estimate of drug-likeness (QED) is 0.247. The van der Waals surface area contributed by atoms with Crippen molar-refractivity contribution in [2.75, 3.05) is 6.61 Å². The Morgan fingerprint density at radius 2 is 1.56 bits per heavy atom. The van der Waals surface area contributed by atoms with Crippen LogP contribution in [-0.4, -0.2) is 89.2 Å². The third-order valence-electron chi connectivity index (χ3n) is 6.08. The standard InChI is InChI=1S/C21H24O11/c22-7-15-17(28)18(29)19(30)20(31-15)21(8-1-2-11(24)13(26)3-8)16(27)6-10-12(25)4-9(23)5-14(10)32-21/h1-5,15-20,22-30H,6-7H2/t15-,16?,17-,18+,19-,20?,21?/m1/s1. The molecule has 11 nitrogen and oxygen atoms in total. The molecule has 0 radical (unpaired) electrons. The Bertz CT molecular complexity index is 1010. The maximum atomic E-state index is 11.2. The number of hydrogen-bond acceptors (Lipinski definition) is 11. The molecule has 7 atom stereocenters. The summed E-state index contributed by atoms with van der Waals surface area (Å²) in [5.41, 5.74) is -1.90. The molecule has 2 aromatic rings. The summed E-state index contributed by atoms with van der Waals surface area (Å²) in [5, 5.41) is 92.0. The first-order valence-electron chi connectivity index (χ1n) is 9.85. The van der Waals surface area contributed by atoms with Crippen molar-refractivity contribution < 1.29 is 55.4 Å². The van der Waals surface area contributed by atoms with Gasteiger partial charge in [0.05, 0.1) is 6.61 Å². The first-order valence-corrected chi connectivity index (χ1v) is 9.85. The number of aliphatic hydroxyl groups excluding tert-OH is 5. The van der Waals surface area contributed by atoms with Gasteiger partial charge in [-0.3, -0.25) is 0 Å². The molecule has 32 heavy (non-hydrogen) atoms. The van der Waals surface area contributed by atoms with Crippen molar-refractivity contribution >= 4 is 0 Å². The van der Waals surface area contributed by atoms with Crippen LogP contribution in [-0.2, 0) is 16.8 Å². The number of hydrogen-bond donors (Lipinski definition) is 9. The Morgan fingerprint density at radius 3 is 2.22 bits per heavy atom. The summed E-state index contributed by atoms with van der Waals surface area (Å²) in [6.45, 7) is -0.730. The van der Waals surface area contributed by atoms with Crippen molar-refractivity contribution in [3.63, 3.8) is 0 Å². The topological polar surface area (TPSA) is 201 Å². The molecular weight excluding hydrogens is 428 g/mol. The van der Waals surface area contributed by atoms with E-state index in [0.29, 0.717) is 0 Å². The number of benzene rings is 2. The van der Waals surface area contributed by atoms with E-state index in [1.807, 2.05) is 0 Å². The molecule has 2 aliphatic heterocycles. The highest BCUT2D eigenvalue weighted by Crippen LogP contribution is 2.50. The summed E-state index contributed by atoms with van der Waals surface area (Å²) in [7, 11) is 0. The first kappa shape index (κ1) is 22.4. The van der Waals surface area contributed by atoms with Gasteiger partial charge in [0, 0.05) is 29.7 Å². The maximum absolute atomic E-state index is 11.2. The van der Waals surface area contributed by atoms with Crippen molar-refractivity contribution in [3.8, 4) is 28.7 Å². The molecule has 0 aromatic heterocycles. The molecule has 3 unspecified atom stereocenters. The molecule has 4 rings (SSSR count). The Labute approximate surface area is 181 Å². The molecule has 1 fully saturated rings. The lowest BCUT2D eigenvalue weighted by Gasteiger charge is -2.52. The van der Waals surface area contributed by atoms with E-state index in [2.05, 4.69) is 0 Å². The lowest BCUT2D eigenvalue weighted by Crippen LogP contribution is -2.69. The molecule has 11 heteroatoms. The predicted octanol–water partition coefficient (Wildman–Crippen LogP) is -1.46. The smallest absolute Gasteiger partial charge is 0.189 e. The largest absolute Gasteiger partial charge is 0.508 e. The zero-order chi connectivity index (χ0) is 23.4. The highest BCUT2D eigenvalue weighted by molar-refractivity contribution is 5.53. The van der Waals surface area contributed by atoms with Crippen molar-refractivity contribution in [1.82, 2.24) is 0 Å². The van der Waals surface area contributed by atoms with Gasteiger partial charge in [0.2, 0.25) is 0 Å². The lowest BCUT2D eigenvalue weighted by molar-refractivity contribution is -0.284. The van der Waals surface area contributed by atoms with Crippen molar-refractivity contribution in [2.45, 2.75) is 48.6 Å². The fourth-order valence-electron chi connectivity index (χ4n) is 4.39. The molecule has 0 aliphatic carbocycles. The van der Waals surface area contributed by atoms with E-state index in [9.17, 15) is 46.0 Å². The van der Waals surface area contributed by atoms with E-state index in [0.717, 1.165) is 18.2 Å². The van der Waals surface area contributed by atoms with E-state index in [-0.39, 0.29) is 34.8 Å². The lowest BCUT2D eigenvalue weighted by atomic mass is 9.73. The van der Waals surface area contributed by atoms with Gasteiger partial charge in [-0.15, -0.1) is 0 Å². The average Bonchev–Trinajstić information content (AvgIpc) is 2.74. The Morgan fingerprint density at radius 1 is 0.844 bits per heavy atom. The number of aliphatic hydroxyl groups is 5. The predicted molar refractivity (Wildman–Crippen MR) is 105 cm³/mol. The van der Waals surface area contributed by atoms with Gasteiger partial charge in [-0.25, -0.2) is 0 Å². The molecule has 0 amide bonds. The Balaban J connectivity index is 1.93. The number of rotatable bonds is 3. The molecule has 0 saturated carbocycles. The van der Waals surface area contributed by atoms with Crippen molar-refractivity contribution in [2.24, 2.45) is 0 Å². The summed E-state index contributed by atoms with van der Waals surface area (Å²) in [4.78, 5) is 0. The maximum Gasteiger partial charge on any atom is 0.189 e. The van der Waals surface area contributed by atoms with Crippen LogP contribution in [0.25, 0.3) is 0 Å². The van der Waals surface area contributed by atoms with E-state index in [1.54, 1.807) is 0 Å². The highest BCUT2D eigenvalue weighted by Gasteiger charge is 2.60. The van der Waals surface area contributed by atoms with Gasteiger partial charge < -0.3 is 55.4 Å². The number of phenols is 4. The number of fused-ring (bicyclic) bond motifs is 1. The summed E-state index contributed by atoms with van der Waals surface area (Å²) in [6.07, 6.45) is -10.0. The monoisotopic (exact) mass is 452 g/mol. The van der Waals surface area contributed by atoms with Crippen LogP contribution < -0.4 is 4.74 Å². The van der Waals surface area contributed by atoms with Crippen molar-refractivity contribution in [3.05, 3.63) is 41.5 Å². The zero-order valence-electron chi connectivity index (χ0n) is 16.6. The van der Waals surface area contributed by atoms with Crippen LogP contribution in [0.4, 0.5) is 0 Å². The molecule has 2 heterocycles. The van der Waals surface area contributed by atoms with Gasteiger partial charge in [0.1, 0.15) is 53.9 Å². The van der Waals surface area contributed by atoms with Crippen LogP contribution in [0.1, 0.15) is 11.1 Å². The van der Waals surface area contributed by atoms with Gasteiger partial charge in [-0.2, -0.15) is 0 Å². The number of phenolic OH excluding ortho intramolecular Hbond substituents is 4. The normalized spacial score (nSPS) is 34.5. The summed E-state index contributed by atoms with van der Waals surface area (Å²) >= 11 is 0. The summed E-state index contributed by atoms with van der Waals surface area (Å²) in [6, 6.07) is 5.69. The molecule has 2 aromatic carbocycles. The SMILES string of the molecule is OC[C@H]1OC(C2(c3ccc(O)c(O)c3)Oc3cc(O)cc(O)c3CC2O)[C@H](O)[C@@H](O)[C@@H]1O. The number of ether oxygens (including phenoxy) is 2. The van der Waals surface area contributed by atoms with Crippen LogP contribution in [0.15, 0.2) is 30.3 Å². The minimum atomic E-state index is -2.06. The highest BCUT2D eigenvalue weighted by atomic mass is 16.6. The zero-order valence-corrected chi connectivity index (χ0v) is 16.6. The summed E-state index contributed by atoms with van der Waals surface area (Å²) < 4.78 is 11.7. The van der Waals surface area contributed by atoms with E-state index in [1.165, 1.54) is 12.1 Å². The van der Waals surface area contributed by atoms with E-state index < -0.39 is 60.3 Å². The molecule has 0 spiro atoms. The fraction of sp³-hybridized carbons (Fsp3) is 0.429. The molecule has 2 aliphatic rings. The van der Waals surface area contributed by atoms with E-state index >= 15 is 0 Å². The van der Waals surface area contributed by atoms with Gasteiger partial charge in [0.15, 0.2) is 17.1 Å². The van der Waals surface area contributed by atoms with Crippen LogP contribution >= 0.6 is 0 Å². The third-order valence-corrected chi connectivity index (χ3v) is 6.08. The second kappa shape index (κ2) is 7.96. The Hall–Kier alpha value is -2.80.